The number of aliphatic hydroxyl groups is 1. The number of urea groups is 1. The Morgan fingerprint density at radius 1 is 1.24 bits per heavy atom. The number of fused-ring (bicyclic) bond motifs is 1. The number of H-pyrrole nitrogens is 1. The van der Waals surface area contributed by atoms with E-state index >= 15 is 0 Å². The highest BCUT2D eigenvalue weighted by molar-refractivity contribution is 5.76. The number of aromatic amines is 1. The molecule has 0 aliphatic heterocycles. The number of methoxy groups -OCH3 is 1. The number of benzene rings is 2. The first-order chi connectivity index (χ1) is 14.1. The summed E-state index contributed by atoms with van der Waals surface area (Å²) in [7, 11) is 1.63. The Labute approximate surface area is 169 Å². The minimum atomic E-state index is -0.480. The largest absolute Gasteiger partial charge is 0.497 e. The van der Waals surface area contributed by atoms with Gasteiger partial charge in [-0.15, -0.1) is 0 Å². The molecule has 1 aliphatic carbocycles. The van der Waals surface area contributed by atoms with E-state index in [0.717, 1.165) is 41.6 Å². The van der Waals surface area contributed by atoms with Crippen LogP contribution in [0.15, 0.2) is 48.5 Å². The molecule has 1 aliphatic rings. The normalized spacial score (nSPS) is 19.8. The number of hydrogen-bond donors (Lipinski definition) is 4. The molecule has 4 N–H and O–H groups in total. The summed E-state index contributed by atoms with van der Waals surface area (Å²) in [4.78, 5) is 20.6. The van der Waals surface area contributed by atoms with Gasteiger partial charge in [-0.1, -0.05) is 24.3 Å². The maximum atomic E-state index is 12.6. The summed E-state index contributed by atoms with van der Waals surface area (Å²) in [5.41, 5.74) is 2.84. The Morgan fingerprint density at radius 2 is 2.03 bits per heavy atom. The Kier molecular flexibility index (Phi) is 5.67. The number of amides is 2. The average molecular weight is 394 g/mol. The highest BCUT2D eigenvalue weighted by Gasteiger charge is 2.28. The summed E-state index contributed by atoms with van der Waals surface area (Å²) in [5, 5.41) is 15.9. The molecule has 2 unspecified atom stereocenters. The van der Waals surface area contributed by atoms with Gasteiger partial charge in [-0.3, -0.25) is 0 Å². The maximum absolute atomic E-state index is 12.6. The molecule has 152 valence electrons. The van der Waals surface area contributed by atoms with Crippen molar-refractivity contribution < 1.29 is 14.6 Å². The van der Waals surface area contributed by atoms with Gasteiger partial charge in [-0.25, -0.2) is 9.78 Å². The van der Waals surface area contributed by atoms with E-state index in [-0.39, 0.29) is 18.1 Å². The monoisotopic (exact) mass is 394 g/mol. The van der Waals surface area contributed by atoms with E-state index in [4.69, 9.17) is 4.74 Å². The predicted molar refractivity (Wildman–Crippen MR) is 111 cm³/mol. The third-order valence-electron chi connectivity index (χ3n) is 5.44. The molecule has 2 aromatic carbocycles. The molecule has 1 saturated carbocycles. The second kappa shape index (κ2) is 8.53. The molecule has 4 rings (SSSR count). The van der Waals surface area contributed by atoms with Crippen LogP contribution in [0, 0.1) is 0 Å². The van der Waals surface area contributed by atoms with Crippen LogP contribution in [0.1, 0.15) is 36.7 Å². The van der Waals surface area contributed by atoms with Gasteiger partial charge >= 0.3 is 6.03 Å². The number of ether oxygens (including phenoxy) is 1. The summed E-state index contributed by atoms with van der Waals surface area (Å²) in [6, 6.07) is 14.7. The first-order valence-corrected chi connectivity index (χ1v) is 9.95. The molecule has 29 heavy (non-hydrogen) atoms. The molecule has 0 radical (unpaired) electrons. The van der Waals surface area contributed by atoms with E-state index < -0.39 is 6.10 Å². The van der Waals surface area contributed by atoms with Crippen LogP contribution in [0.3, 0.4) is 0 Å². The zero-order valence-electron chi connectivity index (χ0n) is 16.4. The molecule has 0 saturated heterocycles. The number of aliphatic hydroxyl groups excluding tert-OH is 1. The van der Waals surface area contributed by atoms with Crippen molar-refractivity contribution in [1.29, 1.82) is 0 Å². The number of nitrogens with one attached hydrogen (secondary N) is 3. The Balaban J connectivity index is 1.54. The number of aromatic nitrogens is 2. The smallest absolute Gasteiger partial charge is 0.315 e. The number of carbonyl (C=O) groups is 1. The number of hydrogen-bond acceptors (Lipinski definition) is 4. The van der Waals surface area contributed by atoms with Crippen molar-refractivity contribution in [3.05, 3.63) is 59.9 Å². The van der Waals surface area contributed by atoms with Crippen molar-refractivity contribution in [3.63, 3.8) is 0 Å². The molecule has 0 bridgehead atoms. The molecular weight excluding hydrogens is 368 g/mol. The number of rotatable bonds is 6. The first kappa shape index (κ1) is 19.3. The first-order valence-electron chi connectivity index (χ1n) is 9.95. The van der Waals surface area contributed by atoms with Crippen LogP contribution in [0.5, 0.6) is 5.75 Å². The fourth-order valence-electron chi connectivity index (χ4n) is 3.83. The van der Waals surface area contributed by atoms with E-state index in [2.05, 4.69) is 20.6 Å². The van der Waals surface area contributed by atoms with Gasteiger partial charge in [0.1, 0.15) is 11.6 Å². The van der Waals surface area contributed by atoms with Gasteiger partial charge in [0.2, 0.25) is 0 Å². The summed E-state index contributed by atoms with van der Waals surface area (Å²) in [6.07, 6.45) is 2.54. The van der Waals surface area contributed by atoms with Crippen LogP contribution in [0.25, 0.3) is 11.0 Å². The molecule has 2 amide bonds. The van der Waals surface area contributed by atoms with Crippen LogP contribution in [0.2, 0.25) is 0 Å². The summed E-state index contributed by atoms with van der Waals surface area (Å²) >= 11 is 0. The van der Waals surface area contributed by atoms with Gasteiger partial charge in [0.05, 0.1) is 36.3 Å². The Bertz CT molecular complexity index is 937. The molecule has 1 heterocycles. The number of nitrogens with zero attached hydrogens (tertiary/aromatic N) is 1. The van der Waals surface area contributed by atoms with Crippen LogP contribution < -0.4 is 15.4 Å². The molecule has 1 aromatic heterocycles. The molecular formula is C22H26N4O3. The third-order valence-corrected chi connectivity index (χ3v) is 5.44. The lowest BCUT2D eigenvalue weighted by atomic mass is 10.1. The summed E-state index contributed by atoms with van der Waals surface area (Å²) < 4.78 is 5.23. The van der Waals surface area contributed by atoms with Crippen molar-refractivity contribution in [2.24, 2.45) is 0 Å². The number of carbonyl (C=O) groups excluding carboxylic acids is 1. The number of imidazole rings is 1. The molecule has 0 spiro atoms. The lowest BCUT2D eigenvalue weighted by molar-refractivity contribution is 0.149. The fraction of sp³-hybridized carbons (Fsp3) is 0.364. The van der Waals surface area contributed by atoms with Crippen molar-refractivity contribution in [2.45, 2.75) is 43.9 Å². The lowest BCUT2D eigenvalue weighted by Crippen LogP contribution is -2.46. The number of para-hydroxylation sites is 2. The standard InChI is InChI=1S/C22H26N4O3/c1-29-15-11-9-14(10-12-15)13-19(21-23-16-5-2-3-6-17(16)24-21)26-22(28)25-18-7-4-8-20(18)27/h2-3,5-6,9-12,18-20,27H,4,7-8,13H2,1H3,(H,23,24)(H2,25,26,28)/t18-,19?,20?/m0/s1. The topological polar surface area (TPSA) is 99.3 Å². The predicted octanol–water partition coefficient (Wildman–Crippen LogP) is 3.07. The fourth-order valence-corrected chi connectivity index (χ4v) is 3.83. The van der Waals surface area contributed by atoms with Crippen LogP contribution in [-0.2, 0) is 6.42 Å². The maximum Gasteiger partial charge on any atom is 0.315 e. The van der Waals surface area contributed by atoms with Crippen molar-refractivity contribution >= 4 is 17.1 Å². The van der Waals surface area contributed by atoms with E-state index in [1.165, 1.54) is 0 Å². The Morgan fingerprint density at radius 3 is 2.72 bits per heavy atom. The van der Waals surface area contributed by atoms with E-state index in [1.54, 1.807) is 7.11 Å². The zero-order chi connectivity index (χ0) is 20.2. The quantitative estimate of drug-likeness (QED) is 0.516. The molecule has 1 fully saturated rings. The summed E-state index contributed by atoms with van der Waals surface area (Å²) in [6.45, 7) is 0. The van der Waals surface area contributed by atoms with E-state index in [1.807, 2.05) is 48.5 Å². The van der Waals surface area contributed by atoms with Crippen molar-refractivity contribution in [2.75, 3.05) is 7.11 Å². The molecule has 3 atom stereocenters. The van der Waals surface area contributed by atoms with Crippen LogP contribution in [0.4, 0.5) is 4.79 Å². The highest BCUT2D eigenvalue weighted by Crippen LogP contribution is 2.22. The van der Waals surface area contributed by atoms with Crippen molar-refractivity contribution in [1.82, 2.24) is 20.6 Å². The summed E-state index contributed by atoms with van der Waals surface area (Å²) in [5.74, 6) is 1.49. The van der Waals surface area contributed by atoms with E-state index in [0.29, 0.717) is 12.2 Å². The van der Waals surface area contributed by atoms with Gasteiger partial charge in [-0.05, 0) is 55.5 Å². The van der Waals surface area contributed by atoms with Gasteiger partial charge in [0.15, 0.2) is 0 Å². The van der Waals surface area contributed by atoms with Gasteiger partial charge in [-0.2, -0.15) is 0 Å². The van der Waals surface area contributed by atoms with Crippen molar-refractivity contribution in [3.8, 4) is 5.75 Å². The molecule has 7 heteroatoms. The third kappa shape index (κ3) is 4.51. The average Bonchev–Trinajstić information content (AvgIpc) is 3.34. The SMILES string of the molecule is COc1ccc(CC(NC(=O)N[C@H]2CCCC2O)c2nc3ccccc3[nH]2)cc1. The second-order valence-electron chi connectivity index (χ2n) is 7.47. The molecule has 7 nitrogen and oxygen atoms in total. The van der Waals surface area contributed by atoms with Gasteiger partial charge < -0.3 is 25.5 Å². The Hall–Kier alpha value is -3.06. The second-order valence-corrected chi connectivity index (χ2v) is 7.47. The van der Waals surface area contributed by atoms with Crippen LogP contribution >= 0.6 is 0 Å². The zero-order valence-corrected chi connectivity index (χ0v) is 16.4. The van der Waals surface area contributed by atoms with Gasteiger partial charge in [0, 0.05) is 0 Å². The minimum absolute atomic E-state index is 0.202. The van der Waals surface area contributed by atoms with Gasteiger partial charge in [0.25, 0.3) is 0 Å². The molecule has 3 aromatic rings. The van der Waals surface area contributed by atoms with E-state index in [9.17, 15) is 9.90 Å². The highest BCUT2D eigenvalue weighted by atomic mass is 16.5. The lowest BCUT2D eigenvalue weighted by Gasteiger charge is -2.21. The van der Waals surface area contributed by atoms with Crippen LogP contribution in [-0.4, -0.2) is 40.4 Å². The minimum Gasteiger partial charge on any atom is -0.497 e.